The van der Waals surface area contributed by atoms with Crippen molar-refractivity contribution in [2.75, 3.05) is 4.72 Å². The van der Waals surface area contributed by atoms with Crippen molar-refractivity contribution in [2.24, 2.45) is 0 Å². The van der Waals surface area contributed by atoms with Gasteiger partial charge in [0.1, 0.15) is 4.90 Å². The van der Waals surface area contributed by atoms with Crippen molar-refractivity contribution in [3.8, 4) is 0 Å². The zero-order valence-corrected chi connectivity index (χ0v) is 16.9. The van der Waals surface area contributed by atoms with E-state index in [0.29, 0.717) is 12.6 Å². The molecule has 0 saturated heterocycles. The van der Waals surface area contributed by atoms with Gasteiger partial charge in [0, 0.05) is 11.6 Å². The van der Waals surface area contributed by atoms with E-state index in [1.807, 2.05) is 35.1 Å². The topological polar surface area (TPSA) is 64.0 Å². The van der Waals surface area contributed by atoms with Gasteiger partial charge in [-0.25, -0.2) is 21.6 Å². The van der Waals surface area contributed by atoms with Crippen LogP contribution in [0, 0.1) is 17.5 Å². The third-order valence-corrected chi connectivity index (χ3v) is 5.56. The van der Waals surface area contributed by atoms with Crippen LogP contribution in [0.15, 0.2) is 53.6 Å². The van der Waals surface area contributed by atoms with E-state index in [9.17, 15) is 21.6 Å². The number of nitrogens with zero attached hydrogens (tertiary/aromatic N) is 2. The minimum atomic E-state index is -4.31. The van der Waals surface area contributed by atoms with Crippen molar-refractivity contribution in [3.05, 3.63) is 77.4 Å². The second-order valence-corrected chi connectivity index (χ2v) is 9.25. The Balaban J connectivity index is 2.02. The first-order valence-corrected chi connectivity index (χ1v) is 10.3. The quantitative estimate of drug-likeness (QED) is 0.617. The molecule has 0 unspecified atom stereocenters. The molecule has 0 atom stereocenters. The highest BCUT2D eigenvalue weighted by molar-refractivity contribution is 7.92. The first-order valence-electron chi connectivity index (χ1n) is 8.77. The lowest BCUT2D eigenvalue weighted by atomic mass is 9.92. The van der Waals surface area contributed by atoms with Crippen molar-refractivity contribution in [3.63, 3.8) is 0 Å². The molecule has 29 heavy (non-hydrogen) atoms. The second-order valence-electron chi connectivity index (χ2n) is 7.60. The molecule has 3 rings (SSSR count). The highest BCUT2D eigenvalue weighted by Gasteiger charge is 2.31. The highest BCUT2D eigenvalue weighted by atomic mass is 32.2. The molecule has 0 amide bonds. The molecule has 2 aromatic carbocycles. The Labute approximate surface area is 167 Å². The van der Waals surface area contributed by atoms with Crippen LogP contribution in [0.2, 0.25) is 0 Å². The van der Waals surface area contributed by atoms with Crippen molar-refractivity contribution in [2.45, 2.75) is 37.6 Å². The van der Waals surface area contributed by atoms with Gasteiger partial charge in [0.2, 0.25) is 0 Å². The Kier molecular flexibility index (Phi) is 5.44. The first kappa shape index (κ1) is 20.9. The Bertz CT molecular complexity index is 1140. The smallest absolute Gasteiger partial charge is 0.265 e. The van der Waals surface area contributed by atoms with Crippen LogP contribution in [0.25, 0.3) is 0 Å². The first-order chi connectivity index (χ1) is 13.5. The summed E-state index contributed by atoms with van der Waals surface area (Å²) in [6.07, 6.45) is 1.34. The minimum absolute atomic E-state index is 0.162. The van der Waals surface area contributed by atoms with Gasteiger partial charge in [-0.2, -0.15) is 5.10 Å². The maximum atomic E-state index is 14.0. The van der Waals surface area contributed by atoms with Crippen molar-refractivity contribution in [1.82, 2.24) is 9.78 Å². The number of rotatable bonds is 5. The lowest BCUT2D eigenvalue weighted by molar-refractivity contribution is 0.449. The van der Waals surface area contributed by atoms with E-state index >= 15 is 0 Å². The summed E-state index contributed by atoms with van der Waals surface area (Å²) in [6, 6.07) is 10.8. The molecule has 0 bridgehead atoms. The summed E-state index contributed by atoms with van der Waals surface area (Å²) < 4.78 is 69.9. The van der Waals surface area contributed by atoms with Crippen LogP contribution in [0.1, 0.15) is 32.0 Å². The number of anilines is 1. The molecule has 5 nitrogen and oxygen atoms in total. The molecule has 0 aliphatic carbocycles. The standard InChI is InChI=1S/C20H20F3N3O2S/c1-20(2,3)19-16(12-26(24-19)11-13-7-5-4-6-8-13)29(27,28)25-15-10-9-14(21)17(22)18(15)23/h4-10,12,25H,11H2,1-3H3. The molecule has 9 heteroatoms. The lowest BCUT2D eigenvalue weighted by Gasteiger charge is -2.18. The zero-order chi connectivity index (χ0) is 21.4. The predicted octanol–water partition coefficient (Wildman–Crippen LogP) is 4.45. The molecule has 1 aromatic heterocycles. The lowest BCUT2D eigenvalue weighted by Crippen LogP contribution is -2.21. The fourth-order valence-electron chi connectivity index (χ4n) is 2.78. The normalized spacial score (nSPS) is 12.2. The van der Waals surface area contributed by atoms with Crippen molar-refractivity contribution in [1.29, 1.82) is 0 Å². The van der Waals surface area contributed by atoms with Gasteiger partial charge >= 0.3 is 0 Å². The van der Waals surface area contributed by atoms with Gasteiger partial charge in [-0.1, -0.05) is 51.1 Å². The van der Waals surface area contributed by atoms with Crippen LogP contribution < -0.4 is 4.72 Å². The minimum Gasteiger partial charge on any atom is -0.276 e. The van der Waals surface area contributed by atoms with Crippen LogP contribution in [0.4, 0.5) is 18.9 Å². The van der Waals surface area contributed by atoms with E-state index in [1.54, 1.807) is 20.8 Å². The number of nitrogens with one attached hydrogen (secondary N) is 1. The van der Waals surface area contributed by atoms with Gasteiger partial charge in [-0.3, -0.25) is 9.40 Å². The predicted molar refractivity (Wildman–Crippen MR) is 104 cm³/mol. The van der Waals surface area contributed by atoms with Gasteiger partial charge in [-0.05, 0) is 17.7 Å². The summed E-state index contributed by atoms with van der Waals surface area (Å²) in [4.78, 5) is -0.162. The van der Waals surface area contributed by atoms with Crippen LogP contribution in [-0.2, 0) is 22.0 Å². The number of sulfonamides is 1. The maximum absolute atomic E-state index is 14.0. The molecule has 0 fully saturated rings. The fourth-order valence-corrected chi connectivity index (χ4v) is 4.19. The van der Waals surface area contributed by atoms with Gasteiger partial charge in [0.25, 0.3) is 10.0 Å². The molecule has 0 aliphatic heterocycles. The fraction of sp³-hybridized carbons (Fsp3) is 0.250. The van der Waals surface area contributed by atoms with Crippen molar-refractivity contribution < 1.29 is 21.6 Å². The number of benzene rings is 2. The monoisotopic (exact) mass is 423 g/mol. The molecular weight excluding hydrogens is 403 g/mol. The SMILES string of the molecule is CC(C)(C)c1nn(Cc2ccccc2)cc1S(=O)(=O)Nc1ccc(F)c(F)c1F. The van der Waals surface area contributed by atoms with Crippen molar-refractivity contribution >= 4 is 15.7 Å². The Morgan fingerprint density at radius 3 is 2.28 bits per heavy atom. The summed E-state index contributed by atoms with van der Waals surface area (Å²) in [5.74, 6) is -4.76. The molecule has 3 aromatic rings. The number of hydrogen-bond acceptors (Lipinski definition) is 3. The van der Waals surface area contributed by atoms with Crippen LogP contribution in [-0.4, -0.2) is 18.2 Å². The second kappa shape index (κ2) is 7.55. The molecular formula is C20H20F3N3O2S. The van der Waals surface area contributed by atoms with Crippen LogP contribution in [0.3, 0.4) is 0 Å². The van der Waals surface area contributed by atoms with Gasteiger partial charge in [0.15, 0.2) is 17.5 Å². The molecule has 1 N–H and O–H groups in total. The van der Waals surface area contributed by atoms with Crippen LogP contribution in [0.5, 0.6) is 0 Å². The molecule has 0 aliphatic rings. The average Bonchev–Trinajstić information content (AvgIpc) is 3.08. The van der Waals surface area contributed by atoms with Gasteiger partial charge in [-0.15, -0.1) is 0 Å². The molecule has 0 radical (unpaired) electrons. The van der Waals surface area contributed by atoms with E-state index in [2.05, 4.69) is 5.10 Å². The molecule has 154 valence electrons. The maximum Gasteiger partial charge on any atom is 0.265 e. The van der Waals surface area contributed by atoms with Gasteiger partial charge < -0.3 is 0 Å². The zero-order valence-electron chi connectivity index (χ0n) is 16.1. The summed E-state index contributed by atoms with van der Waals surface area (Å²) in [5.41, 5.74) is -0.138. The third-order valence-electron chi connectivity index (χ3n) is 4.19. The summed E-state index contributed by atoms with van der Waals surface area (Å²) in [7, 11) is -4.31. The number of aromatic nitrogens is 2. The van der Waals surface area contributed by atoms with E-state index in [0.717, 1.165) is 11.6 Å². The summed E-state index contributed by atoms with van der Waals surface area (Å²) in [5, 5.41) is 4.41. The molecule has 0 spiro atoms. The molecule has 1 heterocycles. The number of hydrogen-bond donors (Lipinski definition) is 1. The van der Waals surface area contributed by atoms with E-state index in [1.165, 1.54) is 10.9 Å². The van der Waals surface area contributed by atoms with E-state index in [-0.39, 0.29) is 10.6 Å². The third kappa shape index (κ3) is 4.45. The number of halogens is 3. The largest absolute Gasteiger partial charge is 0.276 e. The van der Waals surface area contributed by atoms with Crippen LogP contribution >= 0.6 is 0 Å². The van der Waals surface area contributed by atoms with E-state index < -0.39 is 38.6 Å². The molecule has 0 saturated carbocycles. The van der Waals surface area contributed by atoms with E-state index in [4.69, 9.17) is 0 Å². The average molecular weight is 423 g/mol. The summed E-state index contributed by atoms with van der Waals surface area (Å²) in [6.45, 7) is 5.71. The highest BCUT2D eigenvalue weighted by Crippen LogP contribution is 2.30. The Morgan fingerprint density at radius 1 is 1.00 bits per heavy atom. The Hall–Kier alpha value is -2.81. The summed E-state index contributed by atoms with van der Waals surface area (Å²) >= 11 is 0. The Morgan fingerprint density at radius 2 is 1.66 bits per heavy atom. The van der Waals surface area contributed by atoms with Gasteiger partial charge in [0.05, 0.1) is 17.9 Å².